The highest BCUT2D eigenvalue weighted by Crippen LogP contribution is 2.18. The summed E-state index contributed by atoms with van der Waals surface area (Å²) in [5.74, 6) is 0.462. The molecule has 1 aliphatic heterocycles. The molecule has 1 fully saturated rings. The summed E-state index contributed by atoms with van der Waals surface area (Å²) in [6.45, 7) is 2.16. The monoisotopic (exact) mass is 143 g/mol. The summed E-state index contributed by atoms with van der Waals surface area (Å²) in [7, 11) is 0. The number of hydrogen-bond donors (Lipinski definition) is 2. The molecule has 3 nitrogen and oxygen atoms in total. The molecule has 10 heavy (non-hydrogen) atoms. The van der Waals surface area contributed by atoms with Crippen LogP contribution in [0, 0.1) is 5.92 Å². The van der Waals surface area contributed by atoms with Crippen LogP contribution in [0.4, 0.5) is 0 Å². The van der Waals surface area contributed by atoms with Crippen LogP contribution in [0.25, 0.3) is 0 Å². The molecule has 1 aliphatic rings. The van der Waals surface area contributed by atoms with Crippen LogP contribution in [-0.4, -0.2) is 23.7 Å². The highest BCUT2D eigenvalue weighted by molar-refractivity contribution is 5.78. The van der Waals surface area contributed by atoms with Gasteiger partial charge in [-0.3, -0.25) is 4.79 Å². The second kappa shape index (κ2) is 3.01. The van der Waals surface area contributed by atoms with Gasteiger partial charge in [-0.2, -0.15) is 0 Å². The van der Waals surface area contributed by atoms with Gasteiger partial charge < -0.3 is 10.4 Å². The lowest BCUT2D eigenvalue weighted by Gasteiger charge is -2.10. The van der Waals surface area contributed by atoms with Crippen molar-refractivity contribution in [1.82, 2.24) is 5.32 Å². The zero-order chi connectivity index (χ0) is 7.56. The standard InChI is InChI=1S/C7H13NO2/c1-5-6(2-3-9)4-7(10)8-5/h5-6,9H,2-4H2,1H3,(H,8,10)/t5-,6-/m0/s1. The Kier molecular flexibility index (Phi) is 2.27. The van der Waals surface area contributed by atoms with E-state index >= 15 is 0 Å². The molecule has 0 aromatic carbocycles. The van der Waals surface area contributed by atoms with E-state index in [2.05, 4.69) is 5.32 Å². The summed E-state index contributed by atoms with van der Waals surface area (Å²) in [4.78, 5) is 10.7. The minimum atomic E-state index is 0.117. The minimum Gasteiger partial charge on any atom is -0.396 e. The Bertz CT molecular complexity index is 136. The normalized spacial score (nSPS) is 32.4. The number of hydrogen-bond acceptors (Lipinski definition) is 2. The fraction of sp³-hybridized carbons (Fsp3) is 0.857. The molecule has 0 saturated carbocycles. The predicted octanol–water partition coefficient (Wildman–Crippen LogP) is -0.107. The molecule has 0 unspecified atom stereocenters. The van der Waals surface area contributed by atoms with E-state index in [1.54, 1.807) is 0 Å². The largest absolute Gasteiger partial charge is 0.396 e. The van der Waals surface area contributed by atoms with E-state index < -0.39 is 0 Å². The van der Waals surface area contributed by atoms with Crippen LogP contribution in [0.1, 0.15) is 19.8 Å². The first-order valence-corrected chi connectivity index (χ1v) is 3.64. The maximum absolute atomic E-state index is 10.7. The van der Waals surface area contributed by atoms with E-state index in [4.69, 9.17) is 5.11 Å². The predicted molar refractivity (Wildman–Crippen MR) is 37.4 cm³/mol. The summed E-state index contributed by atoms with van der Waals surface area (Å²) in [5, 5.41) is 11.4. The quantitative estimate of drug-likeness (QED) is 0.566. The van der Waals surface area contributed by atoms with Crippen molar-refractivity contribution in [2.45, 2.75) is 25.8 Å². The Hall–Kier alpha value is -0.570. The van der Waals surface area contributed by atoms with Gasteiger partial charge >= 0.3 is 0 Å². The molecule has 58 valence electrons. The third kappa shape index (κ3) is 1.48. The lowest BCUT2D eigenvalue weighted by Crippen LogP contribution is -2.25. The molecule has 1 saturated heterocycles. The lowest BCUT2D eigenvalue weighted by atomic mass is 9.99. The maximum Gasteiger partial charge on any atom is 0.220 e. The van der Waals surface area contributed by atoms with E-state index in [-0.39, 0.29) is 18.6 Å². The van der Waals surface area contributed by atoms with E-state index in [1.807, 2.05) is 6.92 Å². The van der Waals surface area contributed by atoms with Crippen LogP contribution in [0.15, 0.2) is 0 Å². The Balaban J connectivity index is 2.38. The fourth-order valence-corrected chi connectivity index (χ4v) is 1.36. The first-order chi connectivity index (χ1) is 4.74. The summed E-state index contributed by atoms with van der Waals surface area (Å²) in [5.41, 5.74) is 0. The third-order valence-corrected chi connectivity index (χ3v) is 2.04. The van der Waals surface area contributed by atoms with Crippen molar-refractivity contribution in [2.24, 2.45) is 5.92 Å². The van der Waals surface area contributed by atoms with Gasteiger partial charge in [0, 0.05) is 19.1 Å². The van der Waals surface area contributed by atoms with Gasteiger partial charge in [0.2, 0.25) is 5.91 Å². The third-order valence-electron chi connectivity index (χ3n) is 2.04. The molecule has 0 aliphatic carbocycles. The number of nitrogens with one attached hydrogen (secondary N) is 1. The first kappa shape index (κ1) is 7.54. The molecule has 0 bridgehead atoms. The molecule has 0 spiro atoms. The van der Waals surface area contributed by atoms with Crippen molar-refractivity contribution >= 4 is 5.91 Å². The van der Waals surface area contributed by atoms with Crippen molar-refractivity contribution in [2.75, 3.05) is 6.61 Å². The molecular formula is C7H13NO2. The highest BCUT2D eigenvalue weighted by Gasteiger charge is 2.27. The van der Waals surface area contributed by atoms with Crippen LogP contribution in [0.5, 0.6) is 0 Å². The Morgan fingerprint density at radius 1 is 1.80 bits per heavy atom. The van der Waals surface area contributed by atoms with Crippen molar-refractivity contribution in [1.29, 1.82) is 0 Å². The van der Waals surface area contributed by atoms with Gasteiger partial charge in [0.25, 0.3) is 0 Å². The van der Waals surface area contributed by atoms with Gasteiger partial charge in [-0.15, -0.1) is 0 Å². The number of amides is 1. The van der Waals surface area contributed by atoms with Crippen LogP contribution < -0.4 is 5.32 Å². The summed E-state index contributed by atoms with van der Waals surface area (Å²) < 4.78 is 0. The molecule has 1 amide bonds. The molecule has 0 aromatic heterocycles. The van der Waals surface area contributed by atoms with E-state index in [1.165, 1.54) is 0 Å². The average molecular weight is 143 g/mol. The van der Waals surface area contributed by atoms with Gasteiger partial charge in [-0.05, 0) is 19.3 Å². The zero-order valence-corrected chi connectivity index (χ0v) is 6.13. The van der Waals surface area contributed by atoms with Crippen molar-refractivity contribution in [3.63, 3.8) is 0 Å². The second-order valence-corrected chi connectivity index (χ2v) is 2.83. The van der Waals surface area contributed by atoms with Crippen LogP contribution in [0.3, 0.4) is 0 Å². The summed E-state index contributed by atoms with van der Waals surface area (Å²) in [6.07, 6.45) is 1.32. The van der Waals surface area contributed by atoms with Gasteiger partial charge in [0.15, 0.2) is 0 Å². The van der Waals surface area contributed by atoms with Crippen LogP contribution >= 0.6 is 0 Å². The Labute approximate surface area is 60.4 Å². The minimum absolute atomic E-state index is 0.117. The van der Waals surface area contributed by atoms with Crippen LogP contribution in [0.2, 0.25) is 0 Å². The number of aliphatic hydroxyl groups excluding tert-OH is 1. The van der Waals surface area contributed by atoms with Gasteiger partial charge in [-0.25, -0.2) is 0 Å². The van der Waals surface area contributed by atoms with E-state index in [0.29, 0.717) is 12.3 Å². The number of rotatable bonds is 2. The van der Waals surface area contributed by atoms with Crippen LogP contribution in [-0.2, 0) is 4.79 Å². The molecule has 3 heteroatoms. The first-order valence-electron chi connectivity index (χ1n) is 3.64. The highest BCUT2D eigenvalue weighted by atomic mass is 16.3. The molecular weight excluding hydrogens is 130 g/mol. The topological polar surface area (TPSA) is 49.3 Å². The molecule has 2 N–H and O–H groups in total. The lowest BCUT2D eigenvalue weighted by molar-refractivity contribution is -0.119. The second-order valence-electron chi connectivity index (χ2n) is 2.83. The Morgan fingerprint density at radius 3 is 2.90 bits per heavy atom. The smallest absolute Gasteiger partial charge is 0.220 e. The average Bonchev–Trinajstić information content (AvgIpc) is 2.13. The van der Waals surface area contributed by atoms with E-state index in [0.717, 1.165) is 6.42 Å². The molecule has 0 aromatic rings. The van der Waals surface area contributed by atoms with Crippen molar-refractivity contribution in [3.8, 4) is 0 Å². The van der Waals surface area contributed by atoms with Gasteiger partial charge in [0.1, 0.15) is 0 Å². The molecule has 2 atom stereocenters. The molecule has 1 heterocycles. The summed E-state index contributed by atoms with van der Waals surface area (Å²) >= 11 is 0. The molecule has 1 rings (SSSR count). The zero-order valence-electron chi connectivity index (χ0n) is 6.13. The molecule has 0 radical (unpaired) electrons. The van der Waals surface area contributed by atoms with Crippen molar-refractivity contribution < 1.29 is 9.90 Å². The van der Waals surface area contributed by atoms with Gasteiger partial charge in [0.05, 0.1) is 0 Å². The maximum atomic E-state index is 10.7. The van der Waals surface area contributed by atoms with E-state index in [9.17, 15) is 4.79 Å². The van der Waals surface area contributed by atoms with Gasteiger partial charge in [-0.1, -0.05) is 0 Å². The number of carbonyl (C=O) groups is 1. The fourth-order valence-electron chi connectivity index (χ4n) is 1.36. The van der Waals surface area contributed by atoms with Crippen molar-refractivity contribution in [3.05, 3.63) is 0 Å². The number of carbonyl (C=O) groups excluding carboxylic acids is 1. The SMILES string of the molecule is C[C@@H]1NC(=O)C[C@@H]1CCO. The summed E-state index contributed by atoms with van der Waals surface area (Å²) in [6, 6.07) is 0.250. The Morgan fingerprint density at radius 2 is 2.50 bits per heavy atom. The number of aliphatic hydroxyl groups is 1.